The van der Waals surface area contributed by atoms with Crippen LogP contribution in [-0.2, 0) is 0 Å². The van der Waals surface area contributed by atoms with Crippen molar-refractivity contribution >= 4 is 0 Å². The molecule has 0 N–H and O–H groups in total. The van der Waals surface area contributed by atoms with Gasteiger partial charge in [0.25, 0.3) is 0 Å². The molecule has 1 nitrogen and oxygen atoms in total. The minimum absolute atomic E-state index is 1.10. The van der Waals surface area contributed by atoms with Gasteiger partial charge < -0.3 is 4.48 Å². The molecule has 0 saturated carbocycles. The zero-order valence-corrected chi connectivity index (χ0v) is 10.5. The summed E-state index contributed by atoms with van der Waals surface area (Å²) in [6, 6.07) is 0. The quantitative estimate of drug-likeness (QED) is 0.393. The molecule has 0 aromatic rings. The van der Waals surface area contributed by atoms with Crippen molar-refractivity contribution in [1.82, 2.24) is 0 Å². The summed E-state index contributed by atoms with van der Waals surface area (Å²) in [6.07, 6.45) is 7.85. The minimum atomic E-state index is 1.10. The standard InChI is InChI=1S/C13H29N/c1-5-8-10-11-13-14(4,7-3)12-9-6-2/h1,5-13H2,2-4H3/q+1. The van der Waals surface area contributed by atoms with Crippen LogP contribution in [-0.4, -0.2) is 31.2 Å². The van der Waals surface area contributed by atoms with E-state index in [2.05, 4.69) is 27.8 Å². The molecule has 0 aliphatic carbocycles. The summed E-state index contributed by atoms with van der Waals surface area (Å²) in [5.41, 5.74) is 0. The molecular weight excluding hydrogens is 170 g/mol. The summed E-state index contributed by atoms with van der Waals surface area (Å²) < 4.78 is 1.27. The van der Waals surface area contributed by atoms with E-state index in [-0.39, 0.29) is 0 Å². The molecule has 0 saturated heterocycles. The van der Waals surface area contributed by atoms with E-state index in [0.717, 1.165) is 6.42 Å². The average Bonchev–Trinajstić information content (AvgIpc) is 2.22. The number of hydrogen-bond acceptors (Lipinski definition) is 0. The Morgan fingerprint density at radius 1 is 0.929 bits per heavy atom. The third kappa shape index (κ3) is 6.42. The summed E-state index contributed by atoms with van der Waals surface area (Å²) in [5, 5.41) is 0. The van der Waals surface area contributed by atoms with Crippen LogP contribution in [0.3, 0.4) is 0 Å². The molecule has 0 heterocycles. The van der Waals surface area contributed by atoms with Gasteiger partial charge in [-0.1, -0.05) is 33.1 Å². The lowest BCUT2D eigenvalue weighted by Gasteiger charge is -2.33. The van der Waals surface area contributed by atoms with Crippen molar-refractivity contribution < 1.29 is 4.48 Å². The van der Waals surface area contributed by atoms with E-state index in [1.165, 1.54) is 56.2 Å². The van der Waals surface area contributed by atoms with Gasteiger partial charge in [-0.05, 0) is 26.2 Å². The molecule has 0 aromatic carbocycles. The average molecular weight is 199 g/mol. The summed E-state index contributed by atoms with van der Waals surface area (Å²) in [6.45, 7) is 12.5. The minimum Gasteiger partial charge on any atom is -0.326 e. The zero-order valence-electron chi connectivity index (χ0n) is 10.5. The number of quaternary nitrogens is 1. The summed E-state index contributed by atoms with van der Waals surface area (Å²) in [4.78, 5) is 0. The van der Waals surface area contributed by atoms with Crippen molar-refractivity contribution in [3.05, 3.63) is 6.92 Å². The second-order valence-electron chi connectivity index (χ2n) is 4.65. The third-order valence-corrected chi connectivity index (χ3v) is 3.26. The molecule has 0 aliphatic rings. The molecule has 0 bridgehead atoms. The first kappa shape index (κ1) is 14.0. The van der Waals surface area contributed by atoms with E-state index in [9.17, 15) is 0 Å². The normalized spacial score (nSPS) is 15.4. The molecule has 0 rings (SSSR count). The first-order chi connectivity index (χ1) is 6.68. The van der Waals surface area contributed by atoms with E-state index in [1.807, 2.05) is 0 Å². The molecule has 14 heavy (non-hydrogen) atoms. The number of rotatable bonds is 9. The Hall–Kier alpha value is -0.0400. The second kappa shape index (κ2) is 8.28. The fraction of sp³-hybridized carbons (Fsp3) is 0.923. The predicted octanol–water partition coefficient (Wildman–Crippen LogP) is 3.65. The van der Waals surface area contributed by atoms with E-state index in [0.29, 0.717) is 0 Å². The van der Waals surface area contributed by atoms with E-state index in [1.54, 1.807) is 0 Å². The number of hydrogen-bond donors (Lipinski definition) is 0. The Morgan fingerprint density at radius 3 is 2.07 bits per heavy atom. The maximum atomic E-state index is 3.88. The highest BCUT2D eigenvalue weighted by Crippen LogP contribution is 2.09. The molecule has 1 unspecified atom stereocenters. The SMILES string of the molecule is [CH2]CCCCC[N+](C)(CC)CCCC. The summed E-state index contributed by atoms with van der Waals surface area (Å²) in [5.74, 6) is 0. The Balaban J connectivity index is 3.63. The van der Waals surface area contributed by atoms with Gasteiger partial charge in [0.15, 0.2) is 0 Å². The van der Waals surface area contributed by atoms with Crippen molar-refractivity contribution in [2.24, 2.45) is 0 Å². The van der Waals surface area contributed by atoms with E-state index < -0.39 is 0 Å². The van der Waals surface area contributed by atoms with Crippen LogP contribution in [0, 0.1) is 6.92 Å². The molecule has 0 amide bonds. The van der Waals surface area contributed by atoms with Gasteiger partial charge in [0.1, 0.15) is 0 Å². The summed E-state index contributed by atoms with van der Waals surface area (Å²) in [7, 11) is 2.40. The van der Waals surface area contributed by atoms with Gasteiger partial charge in [-0.2, -0.15) is 0 Å². The van der Waals surface area contributed by atoms with Crippen LogP contribution in [0.2, 0.25) is 0 Å². The van der Waals surface area contributed by atoms with Crippen LogP contribution in [0.25, 0.3) is 0 Å². The van der Waals surface area contributed by atoms with Gasteiger partial charge >= 0.3 is 0 Å². The lowest BCUT2D eigenvalue weighted by Crippen LogP contribution is -2.45. The highest BCUT2D eigenvalue weighted by Gasteiger charge is 2.16. The van der Waals surface area contributed by atoms with Crippen LogP contribution >= 0.6 is 0 Å². The monoisotopic (exact) mass is 199 g/mol. The van der Waals surface area contributed by atoms with Crippen molar-refractivity contribution in [3.63, 3.8) is 0 Å². The van der Waals surface area contributed by atoms with Gasteiger partial charge in [0.2, 0.25) is 0 Å². The second-order valence-corrected chi connectivity index (χ2v) is 4.65. The van der Waals surface area contributed by atoms with E-state index in [4.69, 9.17) is 0 Å². The van der Waals surface area contributed by atoms with E-state index >= 15 is 0 Å². The highest BCUT2D eigenvalue weighted by molar-refractivity contribution is 4.46. The molecule has 1 heteroatoms. The molecule has 1 atom stereocenters. The molecule has 0 aromatic heterocycles. The lowest BCUT2D eigenvalue weighted by atomic mass is 10.1. The Labute approximate surface area is 91.1 Å². The molecule has 0 aliphatic heterocycles. The van der Waals surface area contributed by atoms with Crippen LogP contribution in [0.15, 0.2) is 0 Å². The molecule has 85 valence electrons. The fourth-order valence-corrected chi connectivity index (χ4v) is 1.81. The van der Waals surface area contributed by atoms with Gasteiger partial charge in [-0.3, -0.25) is 0 Å². The molecule has 0 fully saturated rings. The summed E-state index contributed by atoms with van der Waals surface area (Å²) >= 11 is 0. The first-order valence-electron chi connectivity index (χ1n) is 6.31. The van der Waals surface area contributed by atoms with Gasteiger partial charge in [0, 0.05) is 0 Å². The highest BCUT2D eigenvalue weighted by atomic mass is 15.3. The van der Waals surface area contributed by atoms with Gasteiger partial charge in [0.05, 0.1) is 26.7 Å². The third-order valence-electron chi connectivity index (χ3n) is 3.26. The number of nitrogens with zero attached hydrogens (tertiary/aromatic N) is 1. The zero-order chi connectivity index (χ0) is 10.9. The Bertz CT molecular complexity index is 122. The Morgan fingerprint density at radius 2 is 1.57 bits per heavy atom. The van der Waals surface area contributed by atoms with Gasteiger partial charge in [-0.25, -0.2) is 0 Å². The smallest absolute Gasteiger partial charge is 0.0784 e. The first-order valence-corrected chi connectivity index (χ1v) is 6.31. The Kier molecular flexibility index (Phi) is 8.26. The fourth-order valence-electron chi connectivity index (χ4n) is 1.81. The van der Waals surface area contributed by atoms with Crippen LogP contribution < -0.4 is 0 Å². The van der Waals surface area contributed by atoms with Crippen molar-refractivity contribution in [2.45, 2.75) is 52.4 Å². The molecular formula is C13H29N+. The number of unbranched alkanes of at least 4 members (excludes halogenated alkanes) is 4. The lowest BCUT2D eigenvalue weighted by molar-refractivity contribution is -0.908. The van der Waals surface area contributed by atoms with Crippen molar-refractivity contribution in [1.29, 1.82) is 0 Å². The predicted molar refractivity (Wildman–Crippen MR) is 65.2 cm³/mol. The van der Waals surface area contributed by atoms with Crippen molar-refractivity contribution in [2.75, 3.05) is 26.7 Å². The molecule has 1 radical (unpaired) electrons. The maximum Gasteiger partial charge on any atom is 0.0784 e. The van der Waals surface area contributed by atoms with Crippen LogP contribution in [0.5, 0.6) is 0 Å². The largest absolute Gasteiger partial charge is 0.326 e. The maximum absolute atomic E-state index is 3.88. The topological polar surface area (TPSA) is 0 Å². The van der Waals surface area contributed by atoms with Crippen LogP contribution in [0.4, 0.5) is 0 Å². The van der Waals surface area contributed by atoms with Crippen molar-refractivity contribution in [3.8, 4) is 0 Å². The van der Waals surface area contributed by atoms with Crippen LogP contribution in [0.1, 0.15) is 52.4 Å². The van der Waals surface area contributed by atoms with Gasteiger partial charge in [-0.15, -0.1) is 0 Å². The molecule has 0 spiro atoms.